The molecule has 1 aromatic carbocycles. The molecule has 2 unspecified atom stereocenters. The van der Waals surface area contributed by atoms with Crippen LogP contribution in [0.2, 0.25) is 0 Å². The second kappa shape index (κ2) is 7.06. The largest absolute Gasteiger partial charge is 0.412 e. The van der Waals surface area contributed by atoms with Crippen molar-refractivity contribution in [1.82, 2.24) is 5.32 Å². The lowest BCUT2D eigenvalue weighted by Gasteiger charge is -2.09. The number of amides is 1. The fourth-order valence-electron chi connectivity index (χ4n) is 1.18. The van der Waals surface area contributed by atoms with Crippen LogP contribution >= 0.6 is 0 Å². The van der Waals surface area contributed by atoms with E-state index in [4.69, 9.17) is 4.74 Å². The summed E-state index contributed by atoms with van der Waals surface area (Å²) in [5.74, 6) is 0.511. The number of hydrogen-bond donors (Lipinski definition) is 1. The molecule has 0 heterocycles. The van der Waals surface area contributed by atoms with Gasteiger partial charge in [-0.3, -0.25) is 4.21 Å². The first-order valence-electron chi connectivity index (χ1n) is 5.42. The molecule has 2 atom stereocenters. The zero-order chi connectivity index (χ0) is 12.7. The van der Waals surface area contributed by atoms with Crippen LogP contribution in [0.4, 0.5) is 4.79 Å². The zero-order valence-electron chi connectivity index (χ0n) is 10.0. The Morgan fingerprint density at radius 2 is 2.06 bits per heavy atom. The van der Waals surface area contributed by atoms with Gasteiger partial charge in [0.1, 0.15) is 5.75 Å². The lowest BCUT2D eigenvalue weighted by Crippen LogP contribution is -2.30. The van der Waals surface area contributed by atoms with Crippen LogP contribution in [0.5, 0.6) is 5.75 Å². The molecule has 0 saturated carbocycles. The van der Waals surface area contributed by atoms with E-state index in [1.165, 1.54) is 0 Å². The highest BCUT2D eigenvalue weighted by atomic mass is 32.2. The van der Waals surface area contributed by atoms with Gasteiger partial charge in [0.25, 0.3) is 0 Å². The highest BCUT2D eigenvalue weighted by Crippen LogP contribution is 2.08. The molecule has 0 bridgehead atoms. The molecule has 0 spiro atoms. The molecule has 1 rings (SSSR count). The van der Waals surface area contributed by atoms with Crippen molar-refractivity contribution in [1.29, 1.82) is 0 Å². The third-order valence-electron chi connectivity index (χ3n) is 2.34. The van der Waals surface area contributed by atoms with E-state index in [9.17, 15) is 9.00 Å². The van der Waals surface area contributed by atoms with Crippen LogP contribution in [0.1, 0.15) is 13.3 Å². The molecular weight excluding hydrogens is 238 g/mol. The van der Waals surface area contributed by atoms with E-state index in [-0.39, 0.29) is 5.25 Å². The lowest BCUT2D eigenvalue weighted by molar-refractivity contribution is 0.200. The third-order valence-corrected chi connectivity index (χ3v) is 3.71. The molecule has 0 aliphatic rings. The smallest absolute Gasteiger partial charge is 0.410 e. The summed E-state index contributed by atoms with van der Waals surface area (Å²) in [5, 5.41) is 2.70. The van der Waals surface area contributed by atoms with E-state index >= 15 is 0 Å². The van der Waals surface area contributed by atoms with Crippen LogP contribution in [0.25, 0.3) is 0 Å². The number of carbonyl (C=O) groups excluding carboxylic acids is 1. The Balaban J connectivity index is 2.25. The van der Waals surface area contributed by atoms with Crippen LogP contribution in [0.15, 0.2) is 30.3 Å². The van der Waals surface area contributed by atoms with Gasteiger partial charge in [0.15, 0.2) is 0 Å². The van der Waals surface area contributed by atoms with Gasteiger partial charge in [0, 0.05) is 28.9 Å². The summed E-state index contributed by atoms with van der Waals surface area (Å²) in [6.45, 7) is 2.35. The minimum Gasteiger partial charge on any atom is -0.410 e. The highest BCUT2D eigenvalue weighted by molar-refractivity contribution is 7.84. The van der Waals surface area contributed by atoms with Crippen molar-refractivity contribution in [3.63, 3.8) is 0 Å². The number of para-hydroxylation sites is 1. The Morgan fingerprint density at radius 1 is 1.41 bits per heavy atom. The standard InChI is InChI=1S/C12H17NO3S/c1-10(17(2)15)8-9-13-12(14)16-11-6-4-3-5-7-11/h3-7,10H,8-9H2,1-2H3,(H,13,14). The maximum Gasteiger partial charge on any atom is 0.412 e. The molecule has 5 heteroatoms. The molecule has 0 aromatic heterocycles. The van der Waals surface area contributed by atoms with Crippen molar-refractivity contribution in [3.05, 3.63) is 30.3 Å². The predicted octanol–water partition coefficient (Wildman–Crippen LogP) is 1.93. The Bertz CT molecular complexity index is 381. The van der Waals surface area contributed by atoms with Crippen LogP contribution in [0, 0.1) is 0 Å². The number of carbonyl (C=O) groups is 1. The SMILES string of the molecule is CC(CCNC(=O)Oc1ccccc1)S(C)=O. The average molecular weight is 255 g/mol. The van der Waals surface area contributed by atoms with E-state index in [1.54, 1.807) is 30.5 Å². The molecule has 0 aliphatic heterocycles. The fourth-order valence-corrected chi connectivity index (χ4v) is 1.62. The van der Waals surface area contributed by atoms with E-state index in [0.717, 1.165) is 0 Å². The van der Waals surface area contributed by atoms with Gasteiger partial charge in [0.2, 0.25) is 0 Å². The number of rotatable bonds is 5. The monoisotopic (exact) mass is 255 g/mol. The molecule has 0 fully saturated rings. The number of hydrogen-bond acceptors (Lipinski definition) is 3. The second-order valence-electron chi connectivity index (χ2n) is 3.73. The lowest BCUT2D eigenvalue weighted by atomic mass is 10.3. The van der Waals surface area contributed by atoms with Crippen molar-refractivity contribution >= 4 is 16.9 Å². The Labute approximate surface area is 104 Å². The van der Waals surface area contributed by atoms with Gasteiger partial charge in [-0.15, -0.1) is 0 Å². The van der Waals surface area contributed by atoms with Gasteiger partial charge in [-0.05, 0) is 18.6 Å². The molecule has 4 nitrogen and oxygen atoms in total. The van der Waals surface area contributed by atoms with Crippen LogP contribution in [0.3, 0.4) is 0 Å². The molecule has 1 aromatic rings. The van der Waals surface area contributed by atoms with E-state index < -0.39 is 16.9 Å². The second-order valence-corrected chi connectivity index (χ2v) is 5.53. The summed E-state index contributed by atoms with van der Waals surface area (Å²) in [6, 6.07) is 8.87. The van der Waals surface area contributed by atoms with Gasteiger partial charge < -0.3 is 10.1 Å². The van der Waals surface area contributed by atoms with Gasteiger partial charge in [-0.25, -0.2) is 4.79 Å². The van der Waals surface area contributed by atoms with Gasteiger partial charge in [-0.1, -0.05) is 25.1 Å². The van der Waals surface area contributed by atoms with Crippen molar-refractivity contribution < 1.29 is 13.7 Å². The van der Waals surface area contributed by atoms with Crippen LogP contribution < -0.4 is 10.1 Å². The number of nitrogens with one attached hydrogen (secondary N) is 1. The molecule has 17 heavy (non-hydrogen) atoms. The first-order valence-corrected chi connectivity index (χ1v) is 7.04. The quantitative estimate of drug-likeness (QED) is 0.874. The minimum absolute atomic E-state index is 0.0759. The normalized spacial score (nSPS) is 13.8. The topological polar surface area (TPSA) is 55.4 Å². The minimum atomic E-state index is -0.855. The summed E-state index contributed by atoms with van der Waals surface area (Å²) < 4.78 is 16.1. The first kappa shape index (κ1) is 13.7. The van der Waals surface area contributed by atoms with Crippen LogP contribution in [-0.2, 0) is 10.8 Å². The van der Waals surface area contributed by atoms with Crippen molar-refractivity contribution in [2.75, 3.05) is 12.8 Å². The summed E-state index contributed by atoms with van der Waals surface area (Å²) >= 11 is 0. The zero-order valence-corrected chi connectivity index (χ0v) is 10.8. The Kier molecular flexibility index (Phi) is 5.69. The predicted molar refractivity (Wildman–Crippen MR) is 68.6 cm³/mol. The van der Waals surface area contributed by atoms with Crippen molar-refractivity contribution in [2.45, 2.75) is 18.6 Å². The van der Waals surface area contributed by atoms with E-state index in [0.29, 0.717) is 18.7 Å². The summed E-state index contributed by atoms with van der Waals surface area (Å²) in [6.07, 6.45) is 1.85. The molecule has 0 saturated heterocycles. The van der Waals surface area contributed by atoms with E-state index in [1.807, 2.05) is 13.0 Å². The van der Waals surface area contributed by atoms with E-state index in [2.05, 4.69) is 5.32 Å². The average Bonchev–Trinajstić information content (AvgIpc) is 2.30. The first-order chi connectivity index (χ1) is 8.09. The maximum absolute atomic E-state index is 11.4. The summed E-state index contributed by atoms with van der Waals surface area (Å²) in [7, 11) is -0.855. The van der Waals surface area contributed by atoms with Gasteiger partial charge in [-0.2, -0.15) is 0 Å². The fraction of sp³-hybridized carbons (Fsp3) is 0.417. The van der Waals surface area contributed by atoms with Crippen molar-refractivity contribution in [2.24, 2.45) is 0 Å². The third kappa shape index (κ3) is 5.49. The molecule has 0 aliphatic carbocycles. The van der Waals surface area contributed by atoms with Crippen LogP contribution in [-0.4, -0.2) is 28.4 Å². The molecule has 1 amide bonds. The van der Waals surface area contributed by atoms with Gasteiger partial charge >= 0.3 is 6.09 Å². The molecular formula is C12H17NO3S. The summed E-state index contributed by atoms with van der Waals surface area (Å²) in [4.78, 5) is 11.4. The molecule has 0 radical (unpaired) electrons. The summed E-state index contributed by atoms with van der Waals surface area (Å²) in [5.41, 5.74) is 0. The number of benzene rings is 1. The Hall–Kier alpha value is -1.36. The maximum atomic E-state index is 11.4. The van der Waals surface area contributed by atoms with Gasteiger partial charge in [0.05, 0.1) is 0 Å². The molecule has 1 N–H and O–H groups in total. The Morgan fingerprint density at radius 3 is 2.65 bits per heavy atom. The number of ether oxygens (including phenoxy) is 1. The molecule has 94 valence electrons. The van der Waals surface area contributed by atoms with Crippen molar-refractivity contribution in [3.8, 4) is 5.75 Å². The highest BCUT2D eigenvalue weighted by Gasteiger charge is 2.07.